The summed E-state index contributed by atoms with van der Waals surface area (Å²) in [7, 11) is 0. The van der Waals surface area contributed by atoms with Gasteiger partial charge >= 0.3 is 0 Å². The molecule has 3 heteroatoms. The van der Waals surface area contributed by atoms with Crippen LogP contribution < -0.4 is 5.32 Å². The second kappa shape index (κ2) is 8.75. The summed E-state index contributed by atoms with van der Waals surface area (Å²) >= 11 is 0. The van der Waals surface area contributed by atoms with Gasteiger partial charge in [-0.2, -0.15) is 0 Å². The third-order valence-corrected chi connectivity index (χ3v) is 8.09. The summed E-state index contributed by atoms with van der Waals surface area (Å²) in [5, 5.41) is 17.5. The maximum atomic E-state index is 11.3. The Morgan fingerprint density at radius 3 is 2.62 bits per heavy atom. The van der Waals surface area contributed by atoms with Crippen LogP contribution in [0.2, 0.25) is 0 Å². The molecule has 2 aliphatic carbocycles. The molecule has 0 aromatic heterocycles. The molecule has 5 unspecified atom stereocenters. The van der Waals surface area contributed by atoms with Gasteiger partial charge in [0.05, 0.1) is 6.10 Å². The molecule has 2 aromatic rings. The maximum absolute atomic E-state index is 11.3. The van der Waals surface area contributed by atoms with E-state index in [0.29, 0.717) is 17.8 Å². The fourth-order valence-electron chi connectivity index (χ4n) is 6.70. The molecule has 3 fully saturated rings. The SMILES string of the molecule is OC1CCC2CCCCC2C1C(CN1CCNCC1)c1cccc2ccccc12. The van der Waals surface area contributed by atoms with Crippen LogP contribution in [0.1, 0.15) is 50.0 Å². The summed E-state index contributed by atoms with van der Waals surface area (Å²) in [6.07, 6.45) is 7.51. The monoisotopic (exact) mass is 392 g/mol. The standard InChI is InChI=1S/C26H36N2O/c29-25-13-12-20-7-2-4-10-22(20)26(25)24(18-28-16-14-27-15-17-28)23-11-5-8-19-6-1-3-9-21(19)23/h1,3,5-6,8-9,11,20,22,24-27,29H,2,4,7,10,12-18H2. The van der Waals surface area contributed by atoms with Crippen LogP contribution in [0.4, 0.5) is 0 Å². The molecule has 2 aromatic carbocycles. The summed E-state index contributed by atoms with van der Waals surface area (Å²) in [5.74, 6) is 2.34. The van der Waals surface area contributed by atoms with Crippen LogP contribution >= 0.6 is 0 Å². The van der Waals surface area contributed by atoms with Gasteiger partial charge in [-0.05, 0) is 53.4 Å². The van der Waals surface area contributed by atoms with Gasteiger partial charge in [-0.15, -0.1) is 0 Å². The lowest BCUT2D eigenvalue weighted by Gasteiger charge is -2.48. The van der Waals surface area contributed by atoms with Crippen LogP contribution in [0.15, 0.2) is 42.5 Å². The molecule has 5 atom stereocenters. The second-order valence-corrected chi connectivity index (χ2v) is 9.66. The zero-order chi connectivity index (χ0) is 19.6. The highest BCUT2D eigenvalue weighted by Gasteiger charge is 2.44. The molecular formula is C26H36N2O. The van der Waals surface area contributed by atoms with Crippen molar-refractivity contribution in [2.45, 2.75) is 50.5 Å². The van der Waals surface area contributed by atoms with E-state index in [4.69, 9.17) is 0 Å². The Bertz CT molecular complexity index is 810. The van der Waals surface area contributed by atoms with Gasteiger partial charge in [0.1, 0.15) is 0 Å². The van der Waals surface area contributed by atoms with Crippen molar-refractivity contribution in [3.05, 3.63) is 48.0 Å². The zero-order valence-electron chi connectivity index (χ0n) is 17.6. The number of benzene rings is 2. The maximum Gasteiger partial charge on any atom is 0.0577 e. The van der Waals surface area contributed by atoms with E-state index in [1.54, 1.807) is 0 Å². The first-order chi connectivity index (χ1) is 14.3. The third-order valence-electron chi connectivity index (χ3n) is 8.09. The lowest BCUT2D eigenvalue weighted by atomic mass is 9.59. The smallest absolute Gasteiger partial charge is 0.0577 e. The Labute approximate surface area is 175 Å². The average Bonchev–Trinajstić information content (AvgIpc) is 2.78. The van der Waals surface area contributed by atoms with Crippen molar-refractivity contribution in [1.82, 2.24) is 10.2 Å². The molecule has 5 rings (SSSR count). The molecule has 3 aliphatic rings. The summed E-state index contributed by atoms with van der Waals surface area (Å²) in [5.41, 5.74) is 1.47. The molecule has 2 N–H and O–H groups in total. The number of fused-ring (bicyclic) bond motifs is 2. The molecule has 0 bridgehead atoms. The third kappa shape index (κ3) is 3.97. The number of piperazine rings is 1. The number of hydrogen-bond acceptors (Lipinski definition) is 3. The Balaban J connectivity index is 1.55. The van der Waals surface area contributed by atoms with Gasteiger partial charge in [0, 0.05) is 38.6 Å². The molecule has 2 saturated carbocycles. The summed E-state index contributed by atoms with van der Waals surface area (Å²) in [6.45, 7) is 5.50. The van der Waals surface area contributed by atoms with E-state index in [1.807, 2.05) is 0 Å². The van der Waals surface area contributed by atoms with Crippen LogP contribution in [-0.4, -0.2) is 48.8 Å². The fraction of sp³-hybridized carbons (Fsp3) is 0.615. The largest absolute Gasteiger partial charge is 0.393 e. The Hall–Kier alpha value is -1.42. The molecule has 3 nitrogen and oxygen atoms in total. The van der Waals surface area contributed by atoms with Gasteiger partial charge in [0.2, 0.25) is 0 Å². The Morgan fingerprint density at radius 1 is 0.931 bits per heavy atom. The van der Waals surface area contributed by atoms with E-state index in [0.717, 1.165) is 45.1 Å². The molecular weight excluding hydrogens is 356 g/mol. The minimum Gasteiger partial charge on any atom is -0.393 e. The van der Waals surface area contributed by atoms with Crippen molar-refractivity contribution in [3.63, 3.8) is 0 Å². The summed E-state index contributed by atoms with van der Waals surface area (Å²) in [4.78, 5) is 2.64. The van der Waals surface area contributed by atoms with Gasteiger partial charge in [-0.1, -0.05) is 61.7 Å². The first kappa shape index (κ1) is 19.5. The average molecular weight is 393 g/mol. The Kier molecular flexibility index (Phi) is 5.90. The van der Waals surface area contributed by atoms with E-state index in [-0.39, 0.29) is 6.10 Å². The second-order valence-electron chi connectivity index (χ2n) is 9.66. The van der Waals surface area contributed by atoms with Gasteiger partial charge in [-0.25, -0.2) is 0 Å². The van der Waals surface area contributed by atoms with Crippen molar-refractivity contribution in [2.75, 3.05) is 32.7 Å². The van der Waals surface area contributed by atoms with Crippen LogP contribution in [0.5, 0.6) is 0 Å². The fourth-order valence-corrected chi connectivity index (χ4v) is 6.70. The van der Waals surface area contributed by atoms with Crippen LogP contribution in [-0.2, 0) is 0 Å². The molecule has 1 aliphatic heterocycles. The number of nitrogens with one attached hydrogen (secondary N) is 1. The van der Waals surface area contributed by atoms with Crippen molar-refractivity contribution in [2.24, 2.45) is 17.8 Å². The highest BCUT2D eigenvalue weighted by molar-refractivity contribution is 5.86. The molecule has 1 saturated heterocycles. The van der Waals surface area contributed by atoms with Crippen LogP contribution in [0.3, 0.4) is 0 Å². The van der Waals surface area contributed by atoms with Crippen LogP contribution in [0, 0.1) is 17.8 Å². The number of rotatable bonds is 4. The first-order valence-electron chi connectivity index (χ1n) is 11.9. The van der Waals surface area contributed by atoms with E-state index in [2.05, 4.69) is 52.7 Å². The summed E-state index contributed by atoms with van der Waals surface area (Å²) in [6, 6.07) is 15.7. The lowest BCUT2D eigenvalue weighted by molar-refractivity contribution is -0.0336. The van der Waals surface area contributed by atoms with E-state index in [1.165, 1.54) is 48.4 Å². The van der Waals surface area contributed by atoms with Crippen LogP contribution in [0.25, 0.3) is 10.8 Å². The predicted molar refractivity (Wildman–Crippen MR) is 120 cm³/mol. The quantitative estimate of drug-likeness (QED) is 0.809. The van der Waals surface area contributed by atoms with E-state index >= 15 is 0 Å². The highest BCUT2D eigenvalue weighted by atomic mass is 16.3. The first-order valence-corrected chi connectivity index (χ1v) is 11.9. The van der Waals surface area contributed by atoms with Crippen molar-refractivity contribution >= 4 is 10.8 Å². The number of hydrogen-bond donors (Lipinski definition) is 2. The van der Waals surface area contributed by atoms with E-state index in [9.17, 15) is 5.11 Å². The van der Waals surface area contributed by atoms with E-state index < -0.39 is 0 Å². The molecule has 0 spiro atoms. The molecule has 29 heavy (non-hydrogen) atoms. The van der Waals surface area contributed by atoms with Crippen molar-refractivity contribution in [3.8, 4) is 0 Å². The highest BCUT2D eigenvalue weighted by Crippen LogP contribution is 2.50. The normalized spacial score (nSPS) is 32.0. The molecule has 0 amide bonds. The van der Waals surface area contributed by atoms with Gasteiger partial charge < -0.3 is 15.3 Å². The van der Waals surface area contributed by atoms with Gasteiger partial charge in [0.15, 0.2) is 0 Å². The number of aliphatic hydroxyl groups excluding tert-OH is 1. The van der Waals surface area contributed by atoms with Gasteiger partial charge in [0.25, 0.3) is 0 Å². The molecule has 1 heterocycles. The molecule has 156 valence electrons. The Morgan fingerprint density at radius 2 is 1.72 bits per heavy atom. The summed E-state index contributed by atoms with van der Waals surface area (Å²) < 4.78 is 0. The lowest BCUT2D eigenvalue weighted by Crippen LogP contribution is -2.49. The zero-order valence-corrected chi connectivity index (χ0v) is 17.6. The van der Waals surface area contributed by atoms with Crippen molar-refractivity contribution in [1.29, 1.82) is 0 Å². The topological polar surface area (TPSA) is 35.5 Å². The van der Waals surface area contributed by atoms with Gasteiger partial charge in [-0.3, -0.25) is 0 Å². The molecule has 0 radical (unpaired) electrons. The number of aliphatic hydroxyl groups is 1. The minimum absolute atomic E-state index is 0.152. The van der Waals surface area contributed by atoms with Crippen molar-refractivity contribution < 1.29 is 5.11 Å². The number of nitrogens with zero attached hydrogens (tertiary/aromatic N) is 1. The predicted octanol–water partition coefficient (Wildman–Crippen LogP) is 4.41. The minimum atomic E-state index is -0.152.